The number of nitrogens with one attached hydrogen (secondary N) is 1. The summed E-state index contributed by atoms with van der Waals surface area (Å²) in [5, 5.41) is 4.15. The van der Waals surface area contributed by atoms with Gasteiger partial charge in [0, 0.05) is 52.6 Å². The van der Waals surface area contributed by atoms with Gasteiger partial charge < -0.3 is 10.2 Å². The van der Waals surface area contributed by atoms with Crippen molar-refractivity contribution in [3.8, 4) is 11.4 Å². The molecule has 0 spiro atoms. The number of hydrogen-bond donors (Lipinski definition) is 1. The summed E-state index contributed by atoms with van der Waals surface area (Å²) in [4.78, 5) is 28.6. The molecular weight excluding hydrogens is 410 g/mol. The largest absolute Gasteiger partial charge is 0.340 e. The number of fused-ring (bicyclic) bond motifs is 1. The Morgan fingerprint density at radius 3 is 2.58 bits per heavy atom. The minimum atomic E-state index is -0.438. The molecule has 0 saturated carbocycles. The van der Waals surface area contributed by atoms with Crippen molar-refractivity contribution in [1.29, 1.82) is 0 Å². The van der Waals surface area contributed by atoms with Gasteiger partial charge in [0.15, 0.2) is 5.82 Å². The van der Waals surface area contributed by atoms with Gasteiger partial charge in [-0.3, -0.25) is 9.78 Å². The van der Waals surface area contributed by atoms with Crippen molar-refractivity contribution in [2.75, 3.05) is 11.9 Å². The van der Waals surface area contributed by atoms with Gasteiger partial charge in [0.1, 0.15) is 5.82 Å². The maximum Gasteiger partial charge on any atom is 0.228 e. The van der Waals surface area contributed by atoms with E-state index in [0.29, 0.717) is 36.2 Å². The van der Waals surface area contributed by atoms with Gasteiger partial charge in [-0.2, -0.15) is 0 Å². The van der Waals surface area contributed by atoms with Crippen LogP contribution < -0.4 is 5.32 Å². The third-order valence-electron chi connectivity index (χ3n) is 5.45. The SMILES string of the molecule is Cc1c(Cl)cccc1Nc1nc(-c2ccncc2)nc2c1CN(C(=O)C(C)(C)C)CC2. The van der Waals surface area contributed by atoms with E-state index in [1.54, 1.807) is 12.4 Å². The fourth-order valence-electron chi connectivity index (χ4n) is 3.67. The maximum absolute atomic E-state index is 12.9. The van der Waals surface area contributed by atoms with E-state index in [1.807, 2.05) is 62.9 Å². The predicted octanol–water partition coefficient (Wildman–Crippen LogP) is 5.17. The number of anilines is 2. The summed E-state index contributed by atoms with van der Waals surface area (Å²) in [6.45, 7) is 8.93. The van der Waals surface area contributed by atoms with Gasteiger partial charge in [0.2, 0.25) is 5.91 Å². The van der Waals surface area contributed by atoms with Crippen LogP contribution in [0, 0.1) is 12.3 Å². The third-order valence-corrected chi connectivity index (χ3v) is 5.86. The second kappa shape index (κ2) is 8.27. The fourth-order valence-corrected chi connectivity index (χ4v) is 3.84. The molecule has 1 aliphatic heterocycles. The molecule has 7 heteroatoms. The van der Waals surface area contributed by atoms with Crippen LogP contribution in [0.5, 0.6) is 0 Å². The first-order chi connectivity index (χ1) is 14.7. The van der Waals surface area contributed by atoms with Crippen molar-refractivity contribution in [3.63, 3.8) is 0 Å². The van der Waals surface area contributed by atoms with Gasteiger partial charge in [-0.25, -0.2) is 9.97 Å². The topological polar surface area (TPSA) is 71.0 Å². The van der Waals surface area contributed by atoms with Crippen LogP contribution in [0.3, 0.4) is 0 Å². The molecule has 3 aromatic rings. The number of amides is 1. The molecule has 1 aromatic carbocycles. The second-order valence-corrected chi connectivity index (χ2v) is 9.23. The zero-order valence-corrected chi connectivity index (χ0v) is 19.0. The lowest BCUT2D eigenvalue weighted by Gasteiger charge is -2.34. The number of aromatic nitrogens is 3. The van der Waals surface area contributed by atoms with Crippen LogP contribution in [0.4, 0.5) is 11.5 Å². The van der Waals surface area contributed by atoms with Crippen LogP contribution in [0.25, 0.3) is 11.4 Å². The molecule has 31 heavy (non-hydrogen) atoms. The Morgan fingerprint density at radius 1 is 1.13 bits per heavy atom. The summed E-state index contributed by atoms with van der Waals surface area (Å²) in [5.74, 6) is 1.47. The van der Waals surface area contributed by atoms with E-state index in [2.05, 4.69) is 10.3 Å². The lowest BCUT2D eigenvalue weighted by atomic mass is 9.93. The molecule has 6 nitrogen and oxygen atoms in total. The Hall–Kier alpha value is -2.99. The zero-order valence-electron chi connectivity index (χ0n) is 18.2. The summed E-state index contributed by atoms with van der Waals surface area (Å²) in [6, 6.07) is 9.54. The highest BCUT2D eigenvalue weighted by atomic mass is 35.5. The molecule has 2 aromatic heterocycles. The standard InChI is InChI=1S/C24H26ClN5O/c1-15-18(25)6-5-7-19(15)27-22-17-14-30(23(31)24(2,3)4)13-10-20(17)28-21(29-22)16-8-11-26-12-9-16/h5-9,11-12H,10,13-14H2,1-4H3,(H,27,28,29). The highest BCUT2D eigenvalue weighted by Gasteiger charge is 2.32. The molecule has 0 atom stereocenters. The molecule has 160 valence electrons. The molecule has 3 heterocycles. The molecule has 0 fully saturated rings. The molecule has 1 N–H and O–H groups in total. The molecular formula is C24H26ClN5O. The molecule has 1 amide bonds. The summed E-state index contributed by atoms with van der Waals surface area (Å²) in [6.07, 6.45) is 4.15. The van der Waals surface area contributed by atoms with Crippen molar-refractivity contribution >= 4 is 29.0 Å². The van der Waals surface area contributed by atoms with Crippen molar-refractivity contribution in [2.45, 2.75) is 40.7 Å². The number of benzene rings is 1. The summed E-state index contributed by atoms with van der Waals surface area (Å²) in [7, 11) is 0. The van der Waals surface area contributed by atoms with Gasteiger partial charge >= 0.3 is 0 Å². The summed E-state index contributed by atoms with van der Waals surface area (Å²) in [5.41, 5.74) is 4.19. The Balaban J connectivity index is 1.79. The molecule has 0 aliphatic carbocycles. The quantitative estimate of drug-likeness (QED) is 0.614. The van der Waals surface area contributed by atoms with E-state index in [9.17, 15) is 4.79 Å². The molecule has 1 aliphatic rings. The Morgan fingerprint density at radius 2 is 1.87 bits per heavy atom. The highest BCUT2D eigenvalue weighted by Crippen LogP contribution is 2.33. The van der Waals surface area contributed by atoms with E-state index >= 15 is 0 Å². The molecule has 0 unspecified atom stereocenters. The van der Waals surface area contributed by atoms with Crippen LogP contribution in [0.2, 0.25) is 5.02 Å². The number of carbonyl (C=O) groups excluding carboxylic acids is 1. The maximum atomic E-state index is 12.9. The lowest BCUT2D eigenvalue weighted by Crippen LogP contribution is -2.42. The first-order valence-electron chi connectivity index (χ1n) is 10.4. The average molecular weight is 436 g/mol. The van der Waals surface area contributed by atoms with Crippen molar-refractivity contribution in [1.82, 2.24) is 19.9 Å². The predicted molar refractivity (Wildman–Crippen MR) is 123 cm³/mol. The van der Waals surface area contributed by atoms with Crippen LogP contribution in [0.1, 0.15) is 37.6 Å². The van der Waals surface area contributed by atoms with Gasteiger partial charge in [-0.15, -0.1) is 0 Å². The van der Waals surface area contributed by atoms with Gasteiger partial charge in [0.25, 0.3) is 0 Å². The van der Waals surface area contributed by atoms with Gasteiger partial charge in [0.05, 0.1) is 12.2 Å². The van der Waals surface area contributed by atoms with Crippen LogP contribution in [-0.2, 0) is 17.8 Å². The summed E-state index contributed by atoms with van der Waals surface area (Å²) < 4.78 is 0. The Bertz CT molecular complexity index is 1120. The number of carbonyl (C=O) groups is 1. The third kappa shape index (κ3) is 4.39. The van der Waals surface area contributed by atoms with Crippen molar-refractivity contribution < 1.29 is 4.79 Å². The monoisotopic (exact) mass is 435 g/mol. The van der Waals surface area contributed by atoms with Gasteiger partial charge in [-0.1, -0.05) is 38.4 Å². The Labute approximate surface area is 187 Å². The number of rotatable bonds is 3. The first-order valence-corrected chi connectivity index (χ1v) is 10.7. The lowest BCUT2D eigenvalue weighted by molar-refractivity contribution is -0.140. The number of hydrogen-bond acceptors (Lipinski definition) is 5. The van der Waals surface area contributed by atoms with E-state index in [1.165, 1.54) is 0 Å². The normalized spacial score (nSPS) is 13.6. The molecule has 4 rings (SSSR count). The smallest absolute Gasteiger partial charge is 0.228 e. The Kier molecular flexibility index (Phi) is 5.67. The number of nitrogens with zero attached hydrogens (tertiary/aromatic N) is 4. The van der Waals surface area contributed by atoms with Crippen LogP contribution >= 0.6 is 11.6 Å². The minimum Gasteiger partial charge on any atom is -0.340 e. The first kappa shape index (κ1) is 21.2. The average Bonchev–Trinajstić information content (AvgIpc) is 2.76. The van der Waals surface area contributed by atoms with Crippen LogP contribution in [0.15, 0.2) is 42.7 Å². The van der Waals surface area contributed by atoms with E-state index in [4.69, 9.17) is 21.6 Å². The van der Waals surface area contributed by atoms with Crippen molar-refractivity contribution in [2.24, 2.45) is 5.41 Å². The van der Waals surface area contributed by atoms with Crippen molar-refractivity contribution in [3.05, 3.63) is 64.6 Å². The van der Waals surface area contributed by atoms with E-state index in [-0.39, 0.29) is 5.91 Å². The molecule has 0 radical (unpaired) electrons. The summed E-state index contributed by atoms with van der Waals surface area (Å²) >= 11 is 6.33. The zero-order chi connectivity index (χ0) is 22.2. The van der Waals surface area contributed by atoms with Crippen LogP contribution in [-0.4, -0.2) is 32.3 Å². The second-order valence-electron chi connectivity index (χ2n) is 8.82. The number of pyridine rings is 1. The molecule has 0 bridgehead atoms. The van der Waals surface area contributed by atoms with E-state index < -0.39 is 5.41 Å². The van der Waals surface area contributed by atoms with E-state index in [0.717, 1.165) is 28.1 Å². The number of halogens is 1. The minimum absolute atomic E-state index is 0.126. The van der Waals surface area contributed by atoms with Gasteiger partial charge in [-0.05, 0) is 36.8 Å². The highest BCUT2D eigenvalue weighted by molar-refractivity contribution is 6.31. The fraction of sp³-hybridized carbons (Fsp3) is 0.333. The molecule has 0 saturated heterocycles.